The third-order valence-electron chi connectivity index (χ3n) is 2.77. The largest absolute Gasteiger partial charge is 0.452 e. The highest BCUT2D eigenvalue weighted by atomic mass is 35.5. The summed E-state index contributed by atoms with van der Waals surface area (Å²) in [5.74, 6) is -0.132. The Hall–Kier alpha value is 0.0200. The zero-order valence-electron chi connectivity index (χ0n) is 12.0. The first-order chi connectivity index (χ1) is 11.4. The maximum absolute atomic E-state index is 11.8. The molecule has 0 aliphatic carbocycles. The molecule has 25 heavy (non-hydrogen) atoms. The molecule has 0 radical (unpaired) electrons. The van der Waals surface area contributed by atoms with Gasteiger partial charge in [0.1, 0.15) is 16.5 Å². The van der Waals surface area contributed by atoms with Crippen LogP contribution in [-0.4, -0.2) is 14.7 Å². The van der Waals surface area contributed by atoms with E-state index in [1.54, 1.807) is 0 Å². The van der Waals surface area contributed by atoms with Crippen molar-refractivity contribution in [2.75, 3.05) is 10.1 Å². The van der Waals surface area contributed by atoms with E-state index in [0.29, 0.717) is 8.85 Å². The molecule has 0 heterocycles. The molecule has 2 aromatic carbocycles. The minimum atomic E-state index is -3.94. The monoisotopic (exact) mass is 501 g/mol. The zero-order valence-corrected chi connectivity index (χ0v) is 18.1. The summed E-state index contributed by atoms with van der Waals surface area (Å²) < 4.78 is 29.6. The van der Waals surface area contributed by atoms with Crippen molar-refractivity contribution in [3.8, 4) is 11.5 Å². The van der Waals surface area contributed by atoms with Crippen molar-refractivity contribution in [1.82, 2.24) is 0 Å². The number of benzene rings is 2. The summed E-state index contributed by atoms with van der Waals surface area (Å²) in [4.78, 5) is 0. The summed E-state index contributed by atoms with van der Waals surface area (Å²) in [6.07, 6.45) is 0.853. The van der Waals surface area contributed by atoms with Gasteiger partial charge in [-0.25, -0.2) is 8.42 Å². The van der Waals surface area contributed by atoms with Gasteiger partial charge in [0.25, 0.3) is 0 Å². The van der Waals surface area contributed by atoms with Crippen LogP contribution in [0.3, 0.4) is 0 Å². The smallest absolute Gasteiger partial charge is 0.246 e. The maximum atomic E-state index is 11.8. The third-order valence-corrected chi connectivity index (χ3v) is 6.76. The van der Waals surface area contributed by atoms with Crippen LogP contribution in [0, 0.1) is 0 Å². The molecule has 0 amide bonds. The Bertz CT molecular complexity index is 949. The molecule has 0 saturated carbocycles. The van der Waals surface area contributed by atoms with Crippen molar-refractivity contribution in [1.29, 1.82) is 0 Å². The summed E-state index contributed by atoms with van der Waals surface area (Å²) in [7, 11) is -3.94. The van der Waals surface area contributed by atoms with E-state index < -0.39 is 10.0 Å². The van der Waals surface area contributed by atoms with E-state index >= 15 is 0 Å². The van der Waals surface area contributed by atoms with E-state index in [1.165, 1.54) is 18.2 Å². The van der Waals surface area contributed by atoms with E-state index in [4.69, 9.17) is 86.1 Å². The molecule has 136 valence electrons. The van der Waals surface area contributed by atoms with Gasteiger partial charge in [-0.1, -0.05) is 69.6 Å². The fourth-order valence-electron chi connectivity index (χ4n) is 1.68. The topological polar surface area (TPSA) is 46.6 Å². The first-order valence-corrected chi connectivity index (χ1v) is 10.6. The minimum absolute atomic E-state index is 0.113. The lowest BCUT2D eigenvalue weighted by molar-refractivity contribution is 0.484. The van der Waals surface area contributed by atoms with Crippen molar-refractivity contribution < 1.29 is 13.2 Å². The summed E-state index contributed by atoms with van der Waals surface area (Å²) in [6, 6.07) is 4.37. The fraction of sp³-hybridized carbons (Fsp3) is 0.0769. The van der Waals surface area contributed by atoms with E-state index in [1.807, 2.05) is 0 Å². The number of nitrogens with zero attached hydrogens (tertiary/aromatic N) is 1. The summed E-state index contributed by atoms with van der Waals surface area (Å²) >= 11 is 42.0. The number of sulfonamides is 1. The van der Waals surface area contributed by atoms with E-state index in [-0.39, 0.29) is 42.3 Å². The summed E-state index contributed by atoms with van der Waals surface area (Å²) in [5.41, 5.74) is -0.309. The highest BCUT2D eigenvalue weighted by Crippen LogP contribution is 2.53. The number of hydrogen-bond donors (Lipinski definition) is 0. The maximum Gasteiger partial charge on any atom is 0.246 e. The molecule has 0 unspecified atom stereocenters. The van der Waals surface area contributed by atoms with E-state index in [2.05, 4.69) is 0 Å². The number of ether oxygens (including phenoxy) is 1. The Morgan fingerprint density at radius 1 is 0.920 bits per heavy atom. The van der Waals surface area contributed by atoms with Gasteiger partial charge in [0.15, 0.2) is 5.75 Å². The fourth-order valence-corrected chi connectivity index (χ4v) is 3.84. The molecule has 2 rings (SSSR count). The highest BCUT2D eigenvalue weighted by molar-refractivity contribution is 7.93. The second-order valence-electron chi connectivity index (χ2n) is 4.59. The minimum Gasteiger partial charge on any atom is -0.452 e. The summed E-state index contributed by atoms with van der Waals surface area (Å²) in [6.45, 7) is 0. The molecular formula is C13H6Cl7NO3S. The Kier molecular flexibility index (Phi) is 6.78. The predicted octanol–water partition coefficient (Wildman–Crippen LogP) is 7.32. The first-order valence-electron chi connectivity index (χ1n) is 6.10. The average molecular weight is 504 g/mol. The van der Waals surface area contributed by atoms with Crippen molar-refractivity contribution in [3.05, 3.63) is 48.3 Å². The predicted molar refractivity (Wildman–Crippen MR) is 106 cm³/mol. The Labute approximate surface area is 179 Å². The molecule has 0 aliphatic rings. The van der Waals surface area contributed by atoms with Crippen LogP contribution in [-0.2, 0) is 10.0 Å². The third kappa shape index (κ3) is 4.47. The number of hydrogen-bond acceptors (Lipinski definition) is 3. The zero-order chi connectivity index (χ0) is 19.1. The quantitative estimate of drug-likeness (QED) is 0.249. The van der Waals surface area contributed by atoms with Crippen molar-refractivity contribution in [3.63, 3.8) is 0 Å². The van der Waals surface area contributed by atoms with Gasteiger partial charge in [0.05, 0.1) is 26.3 Å². The molecule has 0 spiro atoms. The van der Waals surface area contributed by atoms with Crippen LogP contribution >= 0.6 is 81.4 Å². The van der Waals surface area contributed by atoms with Gasteiger partial charge in [0, 0.05) is 16.8 Å². The van der Waals surface area contributed by atoms with Crippen LogP contribution in [0.1, 0.15) is 0 Å². The van der Waals surface area contributed by atoms with Crippen LogP contribution in [0.4, 0.5) is 5.69 Å². The molecule has 0 fully saturated rings. The summed E-state index contributed by atoms with van der Waals surface area (Å²) in [5, 5.41) is -0.297. The van der Waals surface area contributed by atoms with Gasteiger partial charge in [0.2, 0.25) is 10.0 Å². The van der Waals surface area contributed by atoms with Gasteiger partial charge < -0.3 is 4.74 Å². The molecule has 0 saturated heterocycles. The van der Waals surface area contributed by atoms with Gasteiger partial charge in [-0.15, -0.1) is 0 Å². The van der Waals surface area contributed by atoms with Crippen molar-refractivity contribution in [2.45, 2.75) is 0 Å². The number of halogens is 7. The van der Waals surface area contributed by atoms with Crippen LogP contribution < -0.4 is 8.56 Å². The Morgan fingerprint density at radius 3 is 2.00 bits per heavy atom. The molecule has 4 nitrogen and oxygen atoms in total. The van der Waals surface area contributed by atoms with Crippen LogP contribution in [0.2, 0.25) is 30.1 Å². The number of anilines is 1. The van der Waals surface area contributed by atoms with E-state index in [0.717, 1.165) is 6.26 Å². The van der Waals surface area contributed by atoms with Gasteiger partial charge in [-0.3, -0.25) is 0 Å². The van der Waals surface area contributed by atoms with Crippen molar-refractivity contribution in [2.24, 2.45) is 0 Å². The molecule has 0 aromatic heterocycles. The highest BCUT2D eigenvalue weighted by Gasteiger charge is 2.30. The lowest BCUT2D eigenvalue weighted by Crippen LogP contribution is -2.20. The Balaban J connectivity index is 2.75. The average Bonchev–Trinajstić information content (AvgIpc) is 2.51. The van der Waals surface area contributed by atoms with Crippen LogP contribution in [0.5, 0.6) is 11.5 Å². The second-order valence-corrected chi connectivity index (χ2v) is 9.31. The SMILES string of the molecule is CS(=O)(=O)N(Cl)c1c(Cl)c(Cl)c(Cl)c(Cl)c1Oc1ccc(Cl)cc1Cl. The molecule has 0 aliphatic heterocycles. The first kappa shape index (κ1) is 21.3. The molecule has 0 bridgehead atoms. The van der Waals surface area contributed by atoms with Crippen LogP contribution in [0.15, 0.2) is 18.2 Å². The molecule has 12 heteroatoms. The Morgan fingerprint density at radius 2 is 1.48 bits per heavy atom. The molecule has 0 atom stereocenters. The van der Waals surface area contributed by atoms with Gasteiger partial charge in [-0.2, -0.15) is 3.82 Å². The number of rotatable bonds is 4. The molecule has 2 aromatic rings. The van der Waals surface area contributed by atoms with Gasteiger partial charge >= 0.3 is 0 Å². The second kappa shape index (κ2) is 7.95. The van der Waals surface area contributed by atoms with Crippen molar-refractivity contribution >= 4 is 97.1 Å². The van der Waals surface area contributed by atoms with E-state index in [9.17, 15) is 8.42 Å². The lowest BCUT2D eigenvalue weighted by Gasteiger charge is -2.21. The molecule has 0 N–H and O–H groups in total. The van der Waals surface area contributed by atoms with Crippen LogP contribution in [0.25, 0.3) is 0 Å². The van der Waals surface area contributed by atoms with Gasteiger partial charge in [-0.05, 0) is 18.2 Å². The normalized spacial score (nSPS) is 11.5. The standard InChI is InChI=1S/C13H6Cl7NO3S/c1-25(22,23)21(20)12-10(18)8(16)9(17)11(19)13(12)24-7-3-2-5(14)4-6(7)15/h2-4H,1H3. The lowest BCUT2D eigenvalue weighted by atomic mass is 10.3. The molecular weight excluding hydrogens is 498 g/mol.